The smallest absolute Gasteiger partial charge is 0.121 e. The van der Waals surface area contributed by atoms with Crippen molar-refractivity contribution in [3.63, 3.8) is 0 Å². The lowest BCUT2D eigenvalue weighted by Crippen LogP contribution is -2.03. The third kappa shape index (κ3) is 2.05. The molecule has 0 spiro atoms. The van der Waals surface area contributed by atoms with Crippen molar-refractivity contribution in [2.24, 2.45) is 5.41 Å². The molecule has 2 heteroatoms. The Kier molecular flexibility index (Phi) is 2.80. The number of ether oxygens (including phenoxy) is 1. The van der Waals surface area contributed by atoms with Crippen molar-refractivity contribution in [3.8, 4) is 5.75 Å². The number of rotatable bonds is 3. The van der Waals surface area contributed by atoms with Gasteiger partial charge in [0.1, 0.15) is 5.75 Å². The van der Waals surface area contributed by atoms with E-state index >= 15 is 0 Å². The molecule has 15 heavy (non-hydrogen) atoms. The second kappa shape index (κ2) is 3.82. The van der Waals surface area contributed by atoms with Crippen molar-refractivity contribution in [2.45, 2.75) is 31.5 Å². The summed E-state index contributed by atoms with van der Waals surface area (Å²) in [6.45, 7) is 4.43. The molecule has 1 nitrogen and oxygen atoms in total. The minimum atomic E-state index is 0.473. The Morgan fingerprint density at radius 1 is 1.40 bits per heavy atom. The van der Waals surface area contributed by atoms with Crippen LogP contribution in [0.25, 0.3) is 0 Å². The fourth-order valence-corrected chi connectivity index (χ4v) is 2.65. The first-order valence-corrected chi connectivity index (χ1v) is 6.27. The first-order valence-electron chi connectivity index (χ1n) is 5.35. The summed E-state index contributed by atoms with van der Waals surface area (Å²) >= 11 is 3.81. The lowest BCUT2D eigenvalue weighted by atomic mass is 9.97. The summed E-state index contributed by atoms with van der Waals surface area (Å²) in [5.74, 6) is 0.972. The van der Waals surface area contributed by atoms with Crippen LogP contribution >= 0.6 is 15.9 Å². The van der Waals surface area contributed by atoms with E-state index in [4.69, 9.17) is 4.74 Å². The van der Waals surface area contributed by atoms with E-state index in [1.54, 1.807) is 7.11 Å². The number of hydrogen-bond acceptors (Lipinski definition) is 1. The van der Waals surface area contributed by atoms with Crippen molar-refractivity contribution < 1.29 is 4.74 Å². The van der Waals surface area contributed by atoms with E-state index in [-0.39, 0.29) is 0 Å². The number of halogens is 1. The van der Waals surface area contributed by atoms with Crippen molar-refractivity contribution in [1.82, 2.24) is 0 Å². The highest BCUT2D eigenvalue weighted by Crippen LogP contribution is 2.58. The highest BCUT2D eigenvalue weighted by atomic mass is 79.9. The van der Waals surface area contributed by atoms with Gasteiger partial charge in [-0.3, -0.25) is 0 Å². The first-order chi connectivity index (χ1) is 7.07. The van der Waals surface area contributed by atoms with Gasteiger partial charge in [0.2, 0.25) is 0 Å². The van der Waals surface area contributed by atoms with E-state index in [0.717, 1.165) is 5.75 Å². The van der Waals surface area contributed by atoms with Crippen LogP contribution in [0.5, 0.6) is 5.75 Å². The Balaban J connectivity index is 2.26. The van der Waals surface area contributed by atoms with Crippen LogP contribution < -0.4 is 4.74 Å². The van der Waals surface area contributed by atoms with Crippen LogP contribution in [-0.4, -0.2) is 7.11 Å². The van der Waals surface area contributed by atoms with Gasteiger partial charge in [-0.15, -0.1) is 0 Å². The molecule has 0 N–H and O–H groups in total. The number of hydrogen-bond donors (Lipinski definition) is 0. The normalized spacial score (nSPS) is 19.7. The van der Waals surface area contributed by atoms with Crippen LogP contribution in [0.2, 0.25) is 0 Å². The van der Waals surface area contributed by atoms with Gasteiger partial charge in [0.25, 0.3) is 0 Å². The van der Waals surface area contributed by atoms with Gasteiger partial charge >= 0.3 is 0 Å². The van der Waals surface area contributed by atoms with Crippen molar-refractivity contribution in [2.75, 3.05) is 7.11 Å². The summed E-state index contributed by atoms with van der Waals surface area (Å²) < 4.78 is 5.27. The third-order valence-corrected chi connectivity index (χ3v) is 5.00. The summed E-state index contributed by atoms with van der Waals surface area (Å²) in [4.78, 5) is 0.481. The van der Waals surface area contributed by atoms with E-state index in [2.05, 4.69) is 48.0 Å². The zero-order valence-electron chi connectivity index (χ0n) is 9.51. The van der Waals surface area contributed by atoms with E-state index in [1.165, 1.54) is 24.0 Å². The molecule has 1 unspecified atom stereocenters. The molecule has 2 rings (SSSR count). The molecule has 0 amide bonds. The molecule has 1 aromatic carbocycles. The monoisotopic (exact) mass is 268 g/mol. The van der Waals surface area contributed by atoms with Gasteiger partial charge in [0.05, 0.1) is 7.11 Å². The zero-order valence-corrected chi connectivity index (χ0v) is 11.1. The van der Waals surface area contributed by atoms with Crippen molar-refractivity contribution in [1.29, 1.82) is 0 Å². The standard InChI is InChI=1S/C13H17BrO/c1-9-8-10(4-5-11(9)15-3)12(14)13(2)6-7-13/h4-5,8,12H,6-7H2,1-3H3. The van der Waals surface area contributed by atoms with E-state index in [0.29, 0.717) is 10.2 Å². The highest BCUT2D eigenvalue weighted by molar-refractivity contribution is 9.09. The molecule has 1 aromatic rings. The summed E-state index contributed by atoms with van der Waals surface area (Å²) in [7, 11) is 1.72. The second-order valence-electron chi connectivity index (χ2n) is 4.75. The minimum Gasteiger partial charge on any atom is -0.496 e. The van der Waals surface area contributed by atoms with Crippen LogP contribution in [0.15, 0.2) is 18.2 Å². The molecule has 1 atom stereocenters. The van der Waals surface area contributed by atoms with Crippen LogP contribution in [0, 0.1) is 12.3 Å². The molecule has 82 valence electrons. The van der Waals surface area contributed by atoms with Crippen LogP contribution in [0.3, 0.4) is 0 Å². The quantitative estimate of drug-likeness (QED) is 0.746. The minimum absolute atomic E-state index is 0.473. The number of benzene rings is 1. The predicted octanol–water partition coefficient (Wildman–Crippen LogP) is 4.24. The maximum atomic E-state index is 5.27. The van der Waals surface area contributed by atoms with Gasteiger partial charge in [-0.1, -0.05) is 35.0 Å². The molecule has 0 radical (unpaired) electrons. The lowest BCUT2D eigenvalue weighted by Gasteiger charge is -2.18. The van der Waals surface area contributed by atoms with Crippen molar-refractivity contribution in [3.05, 3.63) is 29.3 Å². The molecule has 0 heterocycles. The molecule has 1 aliphatic rings. The van der Waals surface area contributed by atoms with Gasteiger partial charge in [0.15, 0.2) is 0 Å². The maximum absolute atomic E-state index is 5.27. The maximum Gasteiger partial charge on any atom is 0.121 e. The topological polar surface area (TPSA) is 9.23 Å². The molecule has 0 aromatic heterocycles. The third-order valence-electron chi connectivity index (χ3n) is 3.36. The summed E-state index contributed by atoms with van der Waals surface area (Å²) in [5.41, 5.74) is 3.05. The Bertz CT molecular complexity index is 369. The van der Waals surface area contributed by atoms with Crippen LogP contribution in [-0.2, 0) is 0 Å². The number of methoxy groups -OCH3 is 1. The van der Waals surface area contributed by atoms with E-state index < -0.39 is 0 Å². The summed E-state index contributed by atoms with van der Waals surface area (Å²) in [6.07, 6.45) is 2.65. The Morgan fingerprint density at radius 2 is 2.07 bits per heavy atom. The molecule has 1 aliphatic carbocycles. The molecule has 1 fully saturated rings. The molecule has 1 saturated carbocycles. The van der Waals surface area contributed by atoms with Gasteiger partial charge in [-0.25, -0.2) is 0 Å². The Morgan fingerprint density at radius 3 is 2.53 bits per heavy atom. The molecular weight excluding hydrogens is 252 g/mol. The predicted molar refractivity (Wildman–Crippen MR) is 66.7 cm³/mol. The van der Waals surface area contributed by atoms with E-state index in [9.17, 15) is 0 Å². The molecule has 0 aliphatic heterocycles. The largest absolute Gasteiger partial charge is 0.496 e. The van der Waals surface area contributed by atoms with Gasteiger partial charge in [-0.05, 0) is 42.4 Å². The van der Waals surface area contributed by atoms with Crippen molar-refractivity contribution >= 4 is 15.9 Å². The Hall–Kier alpha value is -0.500. The summed E-state index contributed by atoms with van der Waals surface area (Å²) in [5, 5.41) is 0. The van der Waals surface area contributed by atoms with Crippen LogP contribution in [0.4, 0.5) is 0 Å². The van der Waals surface area contributed by atoms with Gasteiger partial charge in [-0.2, -0.15) is 0 Å². The van der Waals surface area contributed by atoms with Crippen LogP contribution in [0.1, 0.15) is 35.7 Å². The number of alkyl halides is 1. The van der Waals surface area contributed by atoms with Gasteiger partial charge in [0, 0.05) is 4.83 Å². The fraction of sp³-hybridized carbons (Fsp3) is 0.538. The first kappa shape index (κ1) is 11.0. The summed E-state index contributed by atoms with van der Waals surface area (Å²) in [6, 6.07) is 6.45. The fourth-order valence-electron chi connectivity index (χ4n) is 1.91. The lowest BCUT2D eigenvalue weighted by molar-refractivity contribution is 0.411. The number of aryl methyl sites for hydroxylation is 1. The molecule has 0 saturated heterocycles. The van der Waals surface area contributed by atoms with Gasteiger partial charge < -0.3 is 4.74 Å². The second-order valence-corrected chi connectivity index (χ2v) is 5.66. The SMILES string of the molecule is COc1ccc(C(Br)C2(C)CC2)cc1C. The average Bonchev–Trinajstić information content (AvgIpc) is 2.96. The van der Waals surface area contributed by atoms with E-state index in [1.807, 2.05) is 0 Å². The average molecular weight is 269 g/mol. The molecule has 0 bridgehead atoms. The molecular formula is C13H17BrO. The highest BCUT2D eigenvalue weighted by Gasteiger charge is 2.44. The zero-order chi connectivity index (χ0) is 11.1. The Labute approximate surface area is 100.0 Å².